The van der Waals surface area contributed by atoms with Gasteiger partial charge in [0.1, 0.15) is 0 Å². The van der Waals surface area contributed by atoms with Crippen LogP contribution in [0.15, 0.2) is 10.8 Å². The molecule has 5 heteroatoms. The summed E-state index contributed by atoms with van der Waals surface area (Å²) in [5.74, 6) is 0.0684. The summed E-state index contributed by atoms with van der Waals surface area (Å²) in [4.78, 5) is 12.3. The van der Waals surface area contributed by atoms with Crippen molar-refractivity contribution in [3.63, 3.8) is 0 Å². The number of hydrogen-bond donors (Lipinski definition) is 2. The third-order valence-corrected chi connectivity index (χ3v) is 4.63. The zero-order valence-electron chi connectivity index (χ0n) is 10.7. The molecule has 0 aliphatic carbocycles. The lowest BCUT2D eigenvalue weighted by molar-refractivity contribution is -0.136. The van der Waals surface area contributed by atoms with Crippen molar-refractivity contribution in [2.75, 3.05) is 19.8 Å². The maximum Gasteiger partial charge on any atom is 0.227 e. The minimum atomic E-state index is -0.428. The summed E-state index contributed by atoms with van der Waals surface area (Å²) in [6, 6.07) is 0. The van der Waals surface area contributed by atoms with Crippen LogP contribution in [0.1, 0.15) is 24.0 Å². The number of nitrogens with two attached hydrogens (primary N) is 1. The SMILES string of the molecule is Cc1cscc1CNC(=O)C1(CN)CCOCC1. The van der Waals surface area contributed by atoms with E-state index in [4.69, 9.17) is 10.5 Å². The Labute approximate surface area is 112 Å². The summed E-state index contributed by atoms with van der Waals surface area (Å²) in [5.41, 5.74) is 7.79. The third-order valence-electron chi connectivity index (χ3n) is 3.72. The van der Waals surface area contributed by atoms with E-state index in [1.54, 1.807) is 11.3 Å². The van der Waals surface area contributed by atoms with Crippen molar-refractivity contribution < 1.29 is 9.53 Å². The molecule has 1 aliphatic rings. The largest absolute Gasteiger partial charge is 0.381 e. The number of ether oxygens (including phenoxy) is 1. The van der Waals surface area contributed by atoms with Gasteiger partial charge in [-0.2, -0.15) is 11.3 Å². The van der Waals surface area contributed by atoms with E-state index in [1.807, 2.05) is 0 Å². The number of thiophene rings is 1. The second kappa shape index (κ2) is 5.82. The first-order valence-electron chi connectivity index (χ1n) is 6.26. The van der Waals surface area contributed by atoms with Crippen molar-refractivity contribution in [2.24, 2.45) is 11.1 Å². The number of aryl methyl sites for hydroxylation is 1. The van der Waals surface area contributed by atoms with Gasteiger partial charge in [-0.3, -0.25) is 4.79 Å². The first kappa shape index (κ1) is 13.5. The third kappa shape index (κ3) is 2.74. The zero-order valence-corrected chi connectivity index (χ0v) is 11.5. The maximum absolute atomic E-state index is 12.3. The summed E-state index contributed by atoms with van der Waals surface area (Å²) >= 11 is 1.66. The highest BCUT2D eigenvalue weighted by atomic mass is 32.1. The highest BCUT2D eigenvalue weighted by Gasteiger charge is 2.38. The van der Waals surface area contributed by atoms with E-state index < -0.39 is 5.41 Å². The monoisotopic (exact) mass is 268 g/mol. The van der Waals surface area contributed by atoms with Gasteiger partial charge in [0.15, 0.2) is 0 Å². The second-order valence-electron chi connectivity index (χ2n) is 4.86. The normalized spacial score (nSPS) is 18.6. The first-order valence-corrected chi connectivity index (χ1v) is 7.20. The van der Waals surface area contributed by atoms with Crippen LogP contribution in [0.5, 0.6) is 0 Å². The molecule has 1 fully saturated rings. The van der Waals surface area contributed by atoms with E-state index in [2.05, 4.69) is 23.0 Å². The summed E-state index contributed by atoms with van der Waals surface area (Å²) in [5, 5.41) is 7.19. The molecule has 0 aromatic carbocycles. The molecule has 1 aromatic rings. The van der Waals surface area contributed by atoms with Crippen LogP contribution in [0, 0.1) is 12.3 Å². The van der Waals surface area contributed by atoms with Crippen molar-refractivity contribution in [3.05, 3.63) is 21.9 Å². The molecule has 1 saturated heterocycles. The van der Waals surface area contributed by atoms with Crippen molar-refractivity contribution in [3.8, 4) is 0 Å². The van der Waals surface area contributed by atoms with Crippen molar-refractivity contribution in [1.29, 1.82) is 0 Å². The van der Waals surface area contributed by atoms with Crippen molar-refractivity contribution >= 4 is 17.2 Å². The molecular formula is C13H20N2O2S. The first-order chi connectivity index (χ1) is 8.68. The van der Waals surface area contributed by atoms with Crippen LogP contribution in [0.25, 0.3) is 0 Å². The zero-order chi connectivity index (χ0) is 13.0. The predicted molar refractivity (Wildman–Crippen MR) is 72.4 cm³/mol. The minimum Gasteiger partial charge on any atom is -0.381 e. The number of carbonyl (C=O) groups is 1. The number of carbonyl (C=O) groups excluding carboxylic acids is 1. The Morgan fingerprint density at radius 1 is 1.50 bits per heavy atom. The van der Waals surface area contributed by atoms with Gasteiger partial charge in [0.2, 0.25) is 5.91 Å². The molecule has 2 heterocycles. The van der Waals surface area contributed by atoms with Gasteiger partial charge in [-0.25, -0.2) is 0 Å². The highest BCUT2D eigenvalue weighted by Crippen LogP contribution is 2.29. The van der Waals surface area contributed by atoms with Gasteiger partial charge in [0, 0.05) is 26.3 Å². The van der Waals surface area contributed by atoms with E-state index in [0.29, 0.717) is 26.3 Å². The average Bonchev–Trinajstić information content (AvgIpc) is 2.82. The van der Waals surface area contributed by atoms with Crippen LogP contribution in [-0.4, -0.2) is 25.7 Å². The van der Waals surface area contributed by atoms with Crippen LogP contribution < -0.4 is 11.1 Å². The van der Waals surface area contributed by atoms with Gasteiger partial charge < -0.3 is 15.8 Å². The number of amides is 1. The Hall–Kier alpha value is -0.910. The van der Waals surface area contributed by atoms with E-state index >= 15 is 0 Å². The maximum atomic E-state index is 12.3. The minimum absolute atomic E-state index is 0.0684. The average molecular weight is 268 g/mol. The predicted octanol–water partition coefficient (Wildman–Crippen LogP) is 1.43. The molecule has 1 amide bonds. The van der Waals surface area contributed by atoms with Gasteiger partial charge in [0.05, 0.1) is 5.41 Å². The van der Waals surface area contributed by atoms with Gasteiger partial charge in [0.25, 0.3) is 0 Å². The van der Waals surface area contributed by atoms with Gasteiger partial charge in [-0.15, -0.1) is 0 Å². The van der Waals surface area contributed by atoms with E-state index in [-0.39, 0.29) is 5.91 Å². The summed E-state index contributed by atoms with van der Waals surface area (Å²) in [6.07, 6.45) is 1.44. The molecule has 3 N–H and O–H groups in total. The fourth-order valence-electron chi connectivity index (χ4n) is 2.22. The smallest absolute Gasteiger partial charge is 0.227 e. The molecule has 1 aliphatic heterocycles. The number of nitrogens with one attached hydrogen (secondary N) is 1. The molecular weight excluding hydrogens is 248 g/mol. The molecule has 0 bridgehead atoms. The van der Waals surface area contributed by atoms with Crippen LogP contribution in [-0.2, 0) is 16.1 Å². The molecule has 0 radical (unpaired) electrons. The Bertz CT molecular complexity index is 411. The lowest BCUT2D eigenvalue weighted by atomic mass is 9.79. The van der Waals surface area contributed by atoms with Gasteiger partial charge >= 0.3 is 0 Å². The fourth-order valence-corrected chi connectivity index (χ4v) is 3.07. The van der Waals surface area contributed by atoms with E-state index in [1.165, 1.54) is 11.1 Å². The summed E-state index contributed by atoms with van der Waals surface area (Å²) < 4.78 is 5.31. The fraction of sp³-hybridized carbons (Fsp3) is 0.615. The van der Waals surface area contributed by atoms with Crippen LogP contribution in [0.3, 0.4) is 0 Å². The Balaban J connectivity index is 1.96. The molecule has 18 heavy (non-hydrogen) atoms. The molecule has 2 rings (SSSR count). The van der Waals surface area contributed by atoms with Crippen LogP contribution in [0.4, 0.5) is 0 Å². The molecule has 4 nitrogen and oxygen atoms in total. The van der Waals surface area contributed by atoms with E-state index in [0.717, 1.165) is 12.8 Å². The van der Waals surface area contributed by atoms with E-state index in [9.17, 15) is 4.79 Å². The Morgan fingerprint density at radius 2 is 2.22 bits per heavy atom. The topological polar surface area (TPSA) is 64.4 Å². The lowest BCUT2D eigenvalue weighted by Crippen LogP contribution is -2.48. The lowest BCUT2D eigenvalue weighted by Gasteiger charge is -2.34. The van der Waals surface area contributed by atoms with Gasteiger partial charge in [-0.1, -0.05) is 0 Å². The number of hydrogen-bond acceptors (Lipinski definition) is 4. The Kier molecular flexibility index (Phi) is 4.37. The molecule has 0 spiro atoms. The Morgan fingerprint density at radius 3 is 2.78 bits per heavy atom. The molecule has 0 saturated carbocycles. The molecule has 100 valence electrons. The number of rotatable bonds is 4. The highest BCUT2D eigenvalue weighted by molar-refractivity contribution is 7.08. The standard InChI is InChI=1S/C13H20N2O2S/c1-10-7-18-8-11(10)6-15-12(16)13(9-14)2-4-17-5-3-13/h7-8H,2-6,9,14H2,1H3,(H,15,16). The summed E-state index contributed by atoms with van der Waals surface area (Å²) in [6.45, 7) is 4.30. The summed E-state index contributed by atoms with van der Waals surface area (Å²) in [7, 11) is 0. The molecule has 0 unspecified atom stereocenters. The quantitative estimate of drug-likeness (QED) is 0.868. The van der Waals surface area contributed by atoms with Crippen LogP contribution in [0.2, 0.25) is 0 Å². The van der Waals surface area contributed by atoms with Gasteiger partial charge in [-0.05, 0) is 41.7 Å². The van der Waals surface area contributed by atoms with Crippen molar-refractivity contribution in [1.82, 2.24) is 5.32 Å². The van der Waals surface area contributed by atoms with Crippen molar-refractivity contribution in [2.45, 2.75) is 26.3 Å². The van der Waals surface area contributed by atoms with Crippen LogP contribution >= 0.6 is 11.3 Å². The molecule has 0 atom stereocenters. The second-order valence-corrected chi connectivity index (χ2v) is 5.60. The molecule has 1 aromatic heterocycles.